The van der Waals surface area contributed by atoms with Crippen LogP contribution in [0.2, 0.25) is 0 Å². The van der Waals surface area contributed by atoms with Crippen LogP contribution in [0.15, 0.2) is 12.7 Å². The van der Waals surface area contributed by atoms with E-state index in [9.17, 15) is 0 Å². The summed E-state index contributed by atoms with van der Waals surface area (Å²) in [6, 6.07) is 0. The second kappa shape index (κ2) is 4.47. The fourth-order valence-corrected chi connectivity index (χ4v) is 0.752. The molecule has 0 aliphatic carbocycles. The zero-order valence-corrected chi connectivity index (χ0v) is 6.64. The minimum atomic E-state index is -0.546. The standard InChI is InChI=1S/C8H17NO/c1-3-5-6-8(9,4-2)7-10/h4,10H,2-3,5-7,9H2,1H3/t8-/m1/s1. The molecule has 0 fully saturated rings. The summed E-state index contributed by atoms with van der Waals surface area (Å²) in [5, 5.41) is 8.82. The Balaban J connectivity index is 3.68. The van der Waals surface area contributed by atoms with Gasteiger partial charge in [-0.25, -0.2) is 0 Å². The van der Waals surface area contributed by atoms with Gasteiger partial charge in [0, 0.05) is 0 Å². The van der Waals surface area contributed by atoms with Gasteiger partial charge in [0.2, 0.25) is 0 Å². The fourth-order valence-electron chi connectivity index (χ4n) is 0.752. The Bertz CT molecular complexity index is 103. The van der Waals surface area contributed by atoms with E-state index >= 15 is 0 Å². The Morgan fingerprint density at radius 2 is 2.30 bits per heavy atom. The van der Waals surface area contributed by atoms with Crippen molar-refractivity contribution in [2.45, 2.75) is 31.7 Å². The molecule has 10 heavy (non-hydrogen) atoms. The first-order valence-corrected chi connectivity index (χ1v) is 3.72. The Morgan fingerprint density at radius 1 is 1.70 bits per heavy atom. The van der Waals surface area contributed by atoms with Gasteiger partial charge in [0.05, 0.1) is 12.1 Å². The Labute approximate surface area is 62.7 Å². The van der Waals surface area contributed by atoms with Gasteiger partial charge in [-0.1, -0.05) is 25.8 Å². The number of unbranched alkanes of at least 4 members (excludes halogenated alkanes) is 1. The zero-order valence-electron chi connectivity index (χ0n) is 6.64. The molecule has 0 heterocycles. The van der Waals surface area contributed by atoms with Gasteiger partial charge in [-0.2, -0.15) is 0 Å². The average Bonchev–Trinajstić information content (AvgIpc) is 2.00. The van der Waals surface area contributed by atoms with Crippen LogP contribution in [0.4, 0.5) is 0 Å². The van der Waals surface area contributed by atoms with Gasteiger partial charge < -0.3 is 10.8 Å². The van der Waals surface area contributed by atoms with Crippen molar-refractivity contribution >= 4 is 0 Å². The summed E-state index contributed by atoms with van der Waals surface area (Å²) < 4.78 is 0. The molecule has 0 amide bonds. The van der Waals surface area contributed by atoms with Gasteiger partial charge in [0.1, 0.15) is 0 Å². The lowest BCUT2D eigenvalue weighted by Crippen LogP contribution is -2.41. The number of aliphatic hydroxyl groups is 1. The average molecular weight is 143 g/mol. The van der Waals surface area contributed by atoms with E-state index in [-0.39, 0.29) is 6.61 Å². The quantitative estimate of drug-likeness (QED) is 0.565. The van der Waals surface area contributed by atoms with Crippen LogP contribution in [0, 0.1) is 0 Å². The number of nitrogens with two attached hydrogens (primary N) is 1. The third-order valence-electron chi connectivity index (χ3n) is 1.70. The van der Waals surface area contributed by atoms with E-state index in [1.807, 2.05) is 0 Å². The van der Waals surface area contributed by atoms with Crippen molar-refractivity contribution in [1.29, 1.82) is 0 Å². The first-order chi connectivity index (χ1) is 4.68. The maximum atomic E-state index is 8.82. The molecule has 2 heteroatoms. The summed E-state index contributed by atoms with van der Waals surface area (Å²) in [5.41, 5.74) is 5.17. The van der Waals surface area contributed by atoms with E-state index in [4.69, 9.17) is 10.8 Å². The van der Waals surface area contributed by atoms with Crippen molar-refractivity contribution in [3.8, 4) is 0 Å². The summed E-state index contributed by atoms with van der Waals surface area (Å²) in [4.78, 5) is 0. The lowest BCUT2D eigenvalue weighted by atomic mass is 9.95. The molecule has 0 aromatic rings. The van der Waals surface area contributed by atoms with Crippen molar-refractivity contribution in [1.82, 2.24) is 0 Å². The van der Waals surface area contributed by atoms with E-state index in [1.54, 1.807) is 6.08 Å². The largest absolute Gasteiger partial charge is 0.394 e. The highest BCUT2D eigenvalue weighted by atomic mass is 16.3. The molecule has 0 rings (SSSR count). The molecular formula is C8H17NO. The van der Waals surface area contributed by atoms with Crippen molar-refractivity contribution in [2.75, 3.05) is 6.61 Å². The highest BCUT2D eigenvalue weighted by Crippen LogP contribution is 2.10. The molecule has 0 spiro atoms. The lowest BCUT2D eigenvalue weighted by Gasteiger charge is -2.21. The maximum absolute atomic E-state index is 8.82. The third-order valence-corrected chi connectivity index (χ3v) is 1.70. The number of hydrogen-bond donors (Lipinski definition) is 2. The number of aliphatic hydroxyl groups excluding tert-OH is 1. The van der Waals surface area contributed by atoms with Crippen molar-refractivity contribution in [3.05, 3.63) is 12.7 Å². The predicted molar refractivity (Wildman–Crippen MR) is 43.7 cm³/mol. The van der Waals surface area contributed by atoms with E-state index in [2.05, 4.69) is 13.5 Å². The van der Waals surface area contributed by atoms with Crippen LogP contribution in [0.25, 0.3) is 0 Å². The van der Waals surface area contributed by atoms with Crippen LogP contribution < -0.4 is 5.73 Å². The van der Waals surface area contributed by atoms with Crippen LogP contribution in [0.5, 0.6) is 0 Å². The lowest BCUT2D eigenvalue weighted by molar-refractivity contribution is 0.217. The highest BCUT2D eigenvalue weighted by molar-refractivity contribution is 4.99. The maximum Gasteiger partial charge on any atom is 0.0647 e. The summed E-state index contributed by atoms with van der Waals surface area (Å²) in [7, 11) is 0. The van der Waals surface area contributed by atoms with Crippen LogP contribution in [-0.2, 0) is 0 Å². The molecule has 1 atom stereocenters. The summed E-state index contributed by atoms with van der Waals surface area (Å²) in [6.45, 7) is 5.67. The summed E-state index contributed by atoms with van der Waals surface area (Å²) in [5.74, 6) is 0. The summed E-state index contributed by atoms with van der Waals surface area (Å²) >= 11 is 0. The molecule has 0 radical (unpaired) electrons. The van der Waals surface area contributed by atoms with Crippen LogP contribution in [0.1, 0.15) is 26.2 Å². The minimum absolute atomic E-state index is 0.00347. The first kappa shape index (κ1) is 9.66. The molecule has 0 aliphatic rings. The van der Waals surface area contributed by atoms with E-state index in [0.717, 1.165) is 19.3 Å². The Morgan fingerprint density at radius 3 is 2.60 bits per heavy atom. The molecule has 0 saturated heterocycles. The number of hydrogen-bond acceptors (Lipinski definition) is 2. The molecule has 60 valence electrons. The van der Waals surface area contributed by atoms with Gasteiger partial charge in [-0.3, -0.25) is 0 Å². The van der Waals surface area contributed by atoms with Crippen molar-refractivity contribution in [3.63, 3.8) is 0 Å². The zero-order chi connectivity index (χ0) is 8.04. The molecule has 0 aliphatic heterocycles. The smallest absolute Gasteiger partial charge is 0.0647 e. The highest BCUT2D eigenvalue weighted by Gasteiger charge is 2.17. The monoisotopic (exact) mass is 143 g/mol. The van der Waals surface area contributed by atoms with Crippen molar-refractivity contribution < 1.29 is 5.11 Å². The normalized spacial score (nSPS) is 16.3. The van der Waals surface area contributed by atoms with Crippen LogP contribution in [0.3, 0.4) is 0 Å². The molecular weight excluding hydrogens is 126 g/mol. The topological polar surface area (TPSA) is 46.2 Å². The molecule has 0 bridgehead atoms. The fraction of sp³-hybridized carbons (Fsp3) is 0.750. The minimum Gasteiger partial charge on any atom is -0.394 e. The van der Waals surface area contributed by atoms with E-state index in [1.165, 1.54) is 0 Å². The predicted octanol–water partition coefficient (Wildman–Crippen LogP) is 1.05. The second-order valence-electron chi connectivity index (χ2n) is 2.70. The molecule has 0 aromatic heterocycles. The van der Waals surface area contributed by atoms with E-state index in [0.29, 0.717) is 0 Å². The van der Waals surface area contributed by atoms with E-state index < -0.39 is 5.54 Å². The molecule has 2 nitrogen and oxygen atoms in total. The van der Waals surface area contributed by atoms with Gasteiger partial charge in [0.15, 0.2) is 0 Å². The van der Waals surface area contributed by atoms with Gasteiger partial charge in [-0.15, -0.1) is 6.58 Å². The molecule has 3 N–H and O–H groups in total. The Hall–Kier alpha value is -0.340. The first-order valence-electron chi connectivity index (χ1n) is 3.72. The van der Waals surface area contributed by atoms with Gasteiger partial charge in [0.25, 0.3) is 0 Å². The van der Waals surface area contributed by atoms with Crippen molar-refractivity contribution in [2.24, 2.45) is 5.73 Å². The van der Waals surface area contributed by atoms with Gasteiger partial charge in [-0.05, 0) is 6.42 Å². The SMILES string of the molecule is C=C[C@](N)(CO)CCCC. The van der Waals surface area contributed by atoms with Crippen LogP contribution >= 0.6 is 0 Å². The Kier molecular flexibility index (Phi) is 4.32. The van der Waals surface area contributed by atoms with Crippen LogP contribution in [-0.4, -0.2) is 17.3 Å². The molecule has 0 aromatic carbocycles. The number of rotatable bonds is 5. The third kappa shape index (κ3) is 2.99. The second-order valence-corrected chi connectivity index (χ2v) is 2.70. The molecule has 0 saturated carbocycles. The summed E-state index contributed by atoms with van der Waals surface area (Å²) in [6.07, 6.45) is 4.60. The molecule has 0 unspecified atom stereocenters. The van der Waals surface area contributed by atoms with Gasteiger partial charge >= 0.3 is 0 Å².